The van der Waals surface area contributed by atoms with E-state index in [1.54, 1.807) is 4.68 Å². The molecule has 0 saturated heterocycles. The summed E-state index contributed by atoms with van der Waals surface area (Å²) in [5, 5.41) is 13.6. The molecule has 0 amide bonds. The number of aromatic nitrogens is 2. The van der Waals surface area contributed by atoms with Crippen LogP contribution in [0, 0.1) is 18.3 Å². The molecular weight excluding hydrogens is 276 g/mol. The molecule has 0 atom stereocenters. The van der Waals surface area contributed by atoms with E-state index in [1.165, 1.54) is 5.56 Å². The normalized spacial score (nSPS) is 10.4. The van der Waals surface area contributed by atoms with Crippen LogP contribution in [0.25, 0.3) is 0 Å². The van der Waals surface area contributed by atoms with E-state index in [-0.39, 0.29) is 0 Å². The Balaban J connectivity index is 2.08. The van der Waals surface area contributed by atoms with Gasteiger partial charge in [0.15, 0.2) is 5.56 Å². The van der Waals surface area contributed by atoms with Crippen LogP contribution < -0.4 is 10.5 Å². The average molecular weight is 298 g/mol. The SMILES string of the molecule is CCCCCn1nc(OCc2ccc(C)cc2)c(C#N)c1N. The predicted molar refractivity (Wildman–Crippen MR) is 86.4 cm³/mol. The predicted octanol–water partition coefficient (Wildman–Crippen LogP) is 3.41. The quantitative estimate of drug-likeness (QED) is 0.795. The Kier molecular flexibility index (Phi) is 5.42. The largest absolute Gasteiger partial charge is 0.471 e. The van der Waals surface area contributed by atoms with Crippen molar-refractivity contribution in [1.82, 2.24) is 9.78 Å². The summed E-state index contributed by atoms with van der Waals surface area (Å²) in [4.78, 5) is 0. The molecule has 1 aromatic heterocycles. The molecule has 0 unspecified atom stereocenters. The van der Waals surface area contributed by atoms with E-state index in [2.05, 4.69) is 18.1 Å². The molecule has 2 aromatic rings. The van der Waals surface area contributed by atoms with Gasteiger partial charge in [-0.25, -0.2) is 4.68 Å². The third kappa shape index (κ3) is 3.79. The van der Waals surface area contributed by atoms with Crippen LogP contribution in [-0.4, -0.2) is 9.78 Å². The molecule has 0 bridgehead atoms. The van der Waals surface area contributed by atoms with Crippen molar-refractivity contribution in [1.29, 1.82) is 5.26 Å². The molecule has 0 aliphatic rings. The molecule has 0 fully saturated rings. The molecule has 22 heavy (non-hydrogen) atoms. The lowest BCUT2D eigenvalue weighted by Gasteiger charge is -2.04. The van der Waals surface area contributed by atoms with Crippen LogP contribution in [-0.2, 0) is 13.2 Å². The van der Waals surface area contributed by atoms with E-state index in [0.29, 0.717) is 30.4 Å². The maximum absolute atomic E-state index is 9.25. The summed E-state index contributed by atoms with van der Waals surface area (Å²) < 4.78 is 7.35. The maximum atomic E-state index is 9.25. The summed E-state index contributed by atoms with van der Waals surface area (Å²) in [7, 11) is 0. The smallest absolute Gasteiger partial charge is 0.253 e. The monoisotopic (exact) mass is 298 g/mol. The molecule has 0 saturated carbocycles. The summed E-state index contributed by atoms with van der Waals surface area (Å²) in [6.45, 7) is 5.27. The molecule has 0 radical (unpaired) electrons. The van der Waals surface area contributed by atoms with E-state index in [1.807, 2.05) is 31.2 Å². The first-order chi connectivity index (χ1) is 10.7. The third-order valence-corrected chi connectivity index (χ3v) is 3.54. The van der Waals surface area contributed by atoms with Gasteiger partial charge < -0.3 is 10.5 Å². The highest BCUT2D eigenvalue weighted by Gasteiger charge is 2.16. The summed E-state index contributed by atoms with van der Waals surface area (Å²) in [5.74, 6) is 0.703. The van der Waals surface area contributed by atoms with Crippen LogP contribution in [0.4, 0.5) is 5.82 Å². The highest BCUT2D eigenvalue weighted by molar-refractivity contribution is 5.55. The van der Waals surface area contributed by atoms with Crippen molar-refractivity contribution < 1.29 is 4.74 Å². The van der Waals surface area contributed by atoms with Gasteiger partial charge in [-0.15, -0.1) is 5.10 Å². The van der Waals surface area contributed by atoms with Gasteiger partial charge in [0.1, 0.15) is 18.5 Å². The number of unbranched alkanes of at least 4 members (excludes halogenated alkanes) is 2. The van der Waals surface area contributed by atoms with Crippen molar-refractivity contribution in [2.45, 2.75) is 46.3 Å². The Morgan fingerprint density at radius 3 is 2.64 bits per heavy atom. The van der Waals surface area contributed by atoms with E-state index in [9.17, 15) is 5.26 Å². The topological polar surface area (TPSA) is 76.9 Å². The van der Waals surface area contributed by atoms with Gasteiger partial charge in [0.05, 0.1) is 0 Å². The molecule has 2 rings (SSSR count). The zero-order valence-corrected chi connectivity index (χ0v) is 13.2. The summed E-state index contributed by atoms with van der Waals surface area (Å²) in [6, 6.07) is 10.2. The number of hydrogen-bond acceptors (Lipinski definition) is 4. The minimum absolute atomic E-state index is 0.317. The molecule has 0 aliphatic carbocycles. The first kappa shape index (κ1) is 15.9. The first-order valence-electron chi connectivity index (χ1n) is 7.60. The van der Waals surface area contributed by atoms with Crippen molar-refractivity contribution in [3.05, 3.63) is 41.0 Å². The lowest BCUT2D eigenvalue weighted by Crippen LogP contribution is -2.05. The van der Waals surface area contributed by atoms with E-state index >= 15 is 0 Å². The summed E-state index contributed by atoms with van der Waals surface area (Å²) in [6.07, 6.45) is 3.23. The molecule has 116 valence electrons. The van der Waals surface area contributed by atoms with Crippen LogP contribution in [0.5, 0.6) is 5.88 Å². The maximum Gasteiger partial charge on any atom is 0.253 e. The van der Waals surface area contributed by atoms with Crippen LogP contribution in [0.3, 0.4) is 0 Å². The zero-order chi connectivity index (χ0) is 15.9. The van der Waals surface area contributed by atoms with Gasteiger partial charge in [-0.05, 0) is 18.9 Å². The van der Waals surface area contributed by atoms with Crippen LogP contribution in [0.15, 0.2) is 24.3 Å². The molecule has 1 heterocycles. The second kappa shape index (κ2) is 7.51. The Bertz CT molecular complexity index is 653. The lowest BCUT2D eigenvalue weighted by atomic mass is 10.2. The van der Waals surface area contributed by atoms with Crippen LogP contribution >= 0.6 is 0 Å². The van der Waals surface area contributed by atoms with Gasteiger partial charge in [0, 0.05) is 6.54 Å². The number of nitrogen functional groups attached to an aromatic ring is 1. The zero-order valence-electron chi connectivity index (χ0n) is 13.2. The van der Waals surface area contributed by atoms with Crippen molar-refractivity contribution in [3.63, 3.8) is 0 Å². The second-order valence-corrected chi connectivity index (χ2v) is 5.38. The molecule has 0 aliphatic heterocycles. The van der Waals surface area contributed by atoms with Crippen LogP contribution in [0.1, 0.15) is 42.9 Å². The van der Waals surface area contributed by atoms with Gasteiger partial charge in [0.25, 0.3) is 5.88 Å². The number of ether oxygens (including phenoxy) is 1. The van der Waals surface area contributed by atoms with Gasteiger partial charge in [0.2, 0.25) is 0 Å². The number of rotatable bonds is 7. The fourth-order valence-corrected chi connectivity index (χ4v) is 2.18. The van der Waals surface area contributed by atoms with Crippen molar-refractivity contribution in [2.24, 2.45) is 0 Å². The minimum atomic E-state index is 0.317. The minimum Gasteiger partial charge on any atom is -0.471 e. The number of benzene rings is 1. The van der Waals surface area contributed by atoms with Crippen molar-refractivity contribution in [2.75, 3.05) is 5.73 Å². The average Bonchev–Trinajstić information content (AvgIpc) is 2.82. The van der Waals surface area contributed by atoms with Crippen molar-refractivity contribution >= 4 is 5.82 Å². The highest BCUT2D eigenvalue weighted by atomic mass is 16.5. The van der Waals surface area contributed by atoms with E-state index in [4.69, 9.17) is 10.5 Å². The fraction of sp³-hybridized carbons (Fsp3) is 0.412. The standard InChI is InChI=1S/C17H22N4O/c1-3-4-5-10-21-16(19)15(11-18)17(20-21)22-12-14-8-6-13(2)7-9-14/h6-9H,3-5,10,12,19H2,1-2H3. The highest BCUT2D eigenvalue weighted by Crippen LogP contribution is 2.24. The van der Waals surface area contributed by atoms with Gasteiger partial charge in [-0.1, -0.05) is 49.6 Å². The Morgan fingerprint density at radius 1 is 1.27 bits per heavy atom. The third-order valence-electron chi connectivity index (χ3n) is 3.54. The second-order valence-electron chi connectivity index (χ2n) is 5.38. The number of aryl methyl sites for hydroxylation is 2. The van der Waals surface area contributed by atoms with E-state index in [0.717, 1.165) is 24.8 Å². The van der Waals surface area contributed by atoms with Crippen LogP contribution in [0.2, 0.25) is 0 Å². The fourth-order valence-electron chi connectivity index (χ4n) is 2.18. The number of anilines is 1. The number of nitrogens with two attached hydrogens (primary N) is 1. The Hall–Kier alpha value is -2.48. The molecular formula is C17H22N4O. The molecule has 0 spiro atoms. The summed E-state index contributed by atoms with van der Waals surface area (Å²) >= 11 is 0. The molecule has 5 heteroatoms. The molecule has 1 aromatic carbocycles. The van der Waals surface area contributed by atoms with Gasteiger partial charge in [-0.3, -0.25) is 0 Å². The molecule has 5 nitrogen and oxygen atoms in total. The lowest BCUT2D eigenvalue weighted by molar-refractivity contribution is 0.288. The first-order valence-corrected chi connectivity index (χ1v) is 7.60. The van der Waals surface area contributed by atoms with Gasteiger partial charge >= 0.3 is 0 Å². The Labute approximate surface area is 131 Å². The number of nitrogens with zero attached hydrogens (tertiary/aromatic N) is 3. The number of nitriles is 1. The number of hydrogen-bond donors (Lipinski definition) is 1. The Morgan fingerprint density at radius 2 is 2.00 bits per heavy atom. The molecule has 2 N–H and O–H groups in total. The van der Waals surface area contributed by atoms with Gasteiger partial charge in [-0.2, -0.15) is 5.26 Å². The van der Waals surface area contributed by atoms with Crippen molar-refractivity contribution in [3.8, 4) is 11.9 Å². The van der Waals surface area contributed by atoms with E-state index < -0.39 is 0 Å². The summed E-state index contributed by atoms with van der Waals surface area (Å²) in [5.41, 5.74) is 8.54.